The van der Waals surface area contributed by atoms with Crippen LogP contribution < -0.4 is 0 Å². The molecule has 140 heavy (non-hydrogen) atoms. The molecule has 0 atom stereocenters. The molecule has 4 aromatic heterocycles. The molecule has 652 valence electrons. The number of nitrogens with zero attached hydrogens (tertiary/aromatic N) is 4. The van der Waals surface area contributed by atoms with Crippen LogP contribution in [-0.4, -0.2) is 18.3 Å². The molecule has 0 amide bonds. The zero-order valence-electron chi connectivity index (χ0n) is 76.6. The highest BCUT2D eigenvalue weighted by Gasteiger charge is 2.28. The average molecular weight is 1780 g/mol. The van der Waals surface area contributed by atoms with Gasteiger partial charge < -0.3 is 18.3 Å². The fourth-order valence-corrected chi connectivity index (χ4v) is 22.9. The van der Waals surface area contributed by atoms with Crippen LogP contribution in [0.5, 0.6) is 0 Å². The highest BCUT2D eigenvalue weighted by molar-refractivity contribution is 6.27. The maximum Gasteiger partial charge on any atom is 0.0547 e. The van der Waals surface area contributed by atoms with Gasteiger partial charge in [0.15, 0.2) is 0 Å². The highest BCUT2D eigenvalue weighted by Crippen LogP contribution is 2.53. The van der Waals surface area contributed by atoms with Crippen molar-refractivity contribution in [3.63, 3.8) is 0 Å². The summed E-state index contributed by atoms with van der Waals surface area (Å²) < 4.78 is 9.64. The molecule has 0 aliphatic rings. The maximum atomic E-state index is 2.50. The normalized spacial score (nSPS) is 11.7. The second kappa shape index (κ2) is 33.9. The standard InChI is InChI=1S/2C68H44N2/c1-5-21-45(22-6-1)47-41-42-56(59(43-47)46-23-7-2-8-24-46)66-54-33-17-31-50(52-35-19-39-64-67(52)57-29-13-15-37-62(57)69(64)48-25-9-3-10-26-48)60(54)44-61-51(32-18-34-55(61)66)53-36-20-40-65-68(53)58-30-14-16-38-63(58)70(65)49-27-11-4-12-28-49;1-5-19-45(20-6-1)47-35-38-58(59(41-47)46-21-7-2-8-22-46)68-56-31-17-29-52(48-36-39-66-62(42-48)54-27-13-15-33-64(54)69(66)50-23-9-3-10-24-50)60(56)44-61-53(30-18-32-57(61)68)49-37-40-67-63(43-49)55-28-14-16-34-65(55)70(67)51-25-11-4-12-26-51/h2*1-44H. The van der Waals surface area contributed by atoms with Crippen molar-refractivity contribution in [3.8, 4) is 134 Å². The molecule has 24 aromatic carbocycles. The smallest absolute Gasteiger partial charge is 0.0547 e. The van der Waals surface area contributed by atoms with E-state index in [9.17, 15) is 0 Å². The van der Waals surface area contributed by atoms with Crippen LogP contribution in [0.4, 0.5) is 0 Å². The highest BCUT2D eigenvalue weighted by atomic mass is 15.0. The van der Waals surface area contributed by atoms with Crippen LogP contribution in [0.2, 0.25) is 0 Å². The van der Waals surface area contributed by atoms with E-state index >= 15 is 0 Å². The van der Waals surface area contributed by atoms with Gasteiger partial charge in [0.2, 0.25) is 0 Å². The summed E-state index contributed by atoms with van der Waals surface area (Å²) >= 11 is 0. The lowest BCUT2D eigenvalue weighted by Crippen LogP contribution is -1.94. The first kappa shape index (κ1) is 81.1. The number of hydrogen-bond acceptors (Lipinski definition) is 0. The van der Waals surface area contributed by atoms with E-state index in [1.807, 2.05) is 0 Å². The monoisotopic (exact) mass is 1780 g/mol. The summed E-state index contributed by atoms with van der Waals surface area (Å²) in [5, 5.41) is 19.7. The Morgan fingerprint density at radius 3 is 0.693 bits per heavy atom. The molecule has 0 unspecified atom stereocenters. The summed E-state index contributed by atoms with van der Waals surface area (Å²) in [5.41, 5.74) is 38.2. The van der Waals surface area contributed by atoms with E-state index in [-0.39, 0.29) is 0 Å². The molecule has 0 N–H and O–H groups in total. The molecule has 0 bridgehead atoms. The van der Waals surface area contributed by atoms with Crippen LogP contribution >= 0.6 is 0 Å². The van der Waals surface area contributed by atoms with Gasteiger partial charge in [-0.1, -0.05) is 400 Å². The maximum absolute atomic E-state index is 2.50. The van der Waals surface area contributed by atoms with Gasteiger partial charge in [0.05, 0.1) is 44.1 Å². The fraction of sp³-hybridized carbons (Fsp3) is 0. The predicted molar refractivity (Wildman–Crippen MR) is 595 cm³/mol. The van der Waals surface area contributed by atoms with Crippen LogP contribution in [0.1, 0.15) is 0 Å². The average Bonchev–Trinajstić information content (AvgIpc) is 1.31. The molecule has 28 aromatic rings. The van der Waals surface area contributed by atoms with E-state index in [1.165, 1.54) is 242 Å². The Bertz CT molecular complexity index is 9330. The molecule has 0 aliphatic carbocycles. The van der Waals surface area contributed by atoms with Crippen molar-refractivity contribution in [1.82, 2.24) is 18.3 Å². The van der Waals surface area contributed by atoms with Crippen molar-refractivity contribution in [2.75, 3.05) is 0 Å². The van der Waals surface area contributed by atoms with Gasteiger partial charge in [-0.25, -0.2) is 0 Å². The van der Waals surface area contributed by atoms with Crippen molar-refractivity contribution in [1.29, 1.82) is 0 Å². The number of para-hydroxylation sites is 8. The molecule has 0 radical (unpaired) electrons. The van der Waals surface area contributed by atoms with Crippen LogP contribution in [-0.2, 0) is 0 Å². The van der Waals surface area contributed by atoms with Crippen molar-refractivity contribution < 1.29 is 0 Å². The minimum absolute atomic E-state index is 1.15. The third-order valence-electron chi connectivity index (χ3n) is 29.0. The second-order valence-corrected chi connectivity index (χ2v) is 36.7. The Balaban J connectivity index is 0.000000141. The number of hydrogen-bond donors (Lipinski definition) is 0. The van der Waals surface area contributed by atoms with Gasteiger partial charge in [-0.05, 0) is 288 Å². The van der Waals surface area contributed by atoms with E-state index < -0.39 is 0 Å². The lowest BCUT2D eigenvalue weighted by Gasteiger charge is -2.20. The largest absolute Gasteiger partial charge is 0.309 e. The number of rotatable bonds is 14. The zero-order chi connectivity index (χ0) is 92.2. The van der Waals surface area contributed by atoms with Crippen molar-refractivity contribution in [2.24, 2.45) is 0 Å². The van der Waals surface area contributed by atoms with Crippen molar-refractivity contribution in [2.45, 2.75) is 0 Å². The SMILES string of the molecule is c1ccc(-c2ccc(-c3c4cccc(-c5ccc6c(c5)c5ccccc5n6-c5ccccc5)c4cc4c(-c5ccc6c(c5)c5ccccc5n6-c5ccccc5)cccc34)c(-c3ccccc3)c2)cc1.c1ccc(-c2ccc(-c3c4cccc(-c5cccc6c5c5ccccc5n6-c5ccccc5)c4cc4c(-c5cccc6c5c5ccccc5n6-c5ccccc5)cccc34)c(-c3ccccc3)c2)cc1. The molecular weight excluding hydrogens is 1690 g/mol. The van der Waals surface area contributed by atoms with Gasteiger partial charge in [0.1, 0.15) is 0 Å². The molecule has 4 nitrogen and oxygen atoms in total. The number of benzene rings is 24. The van der Waals surface area contributed by atoms with Crippen molar-refractivity contribution in [3.05, 3.63) is 534 Å². The van der Waals surface area contributed by atoms with Gasteiger partial charge >= 0.3 is 0 Å². The molecule has 0 aliphatic heterocycles. The van der Waals surface area contributed by atoms with Crippen molar-refractivity contribution >= 4 is 130 Å². The molecule has 0 fully saturated rings. The van der Waals surface area contributed by atoms with Gasteiger partial charge in [-0.3, -0.25) is 0 Å². The van der Waals surface area contributed by atoms with E-state index in [0.717, 1.165) is 22.7 Å². The number of fused-ring (bicyclic) bond motifs is 16. The summed E-state index contributed by atoms with van der Waals surface area (Å²) in [7, 11) is 0. The molecule has 0 saturated heterocycles. The summed E-state index contributed by atoms with van der Waals surface area (Å²) in [6.45, 7) is 0. The lowest BCUT2D eigenvalue weighted by atomic mass is 9.82. The Morgan fingerprint density at radius 1 is 0.100 bits per heavy atom. The van der Waals surface area contributed by atoms with Gasteiger partial charge in [0.25, 0.3) is 0 Å². The molecule has 4 heterocycles. The van der Waals surface area contributed by atoms with Gasteiger partial charge in [-0.2, -0.15) is 0 Å². The van der Waals surface area contributed by atoms with Gasteiger partial charge in [-0.15, -0.1) is 0 Å². The first-order chi connectivity index (χ1) is 69.5. The third-order valence-corrected chi connectivity index (χ3v) is 29.0. The fourth-order valence-electron chi connectivity index (χ4n) is 22.9. The summed E-state index contributed by atoms with van der Waals surface area (Å²) in [5.74, 6) is 0. The summed E-state index contributed by atoms with van der Waals surface area (Å²) in [6, 6.07) is 196. The number of aromatic nitrogens is 4. The van der Waals surface area contributed by atoms with Crippen LogP contribution in [0, 0.1) is 0 Å². The Kier molecular flexibility index (Phi) is 19.6. The molecule has 0 spiro atoms. The predicted octanol–water partition coefficient (Wildman–Crippen LogP) is 37.0. The first-order valence-electron chi connectivity index (χ1n) is 48.3. The quantitative estimate of drug-likeness (QED) is 0.0967. The molecule has 4 heteroatoms. The second-order valence-electron chi connectivity index (χ2n) is 36.7. The summed E-state index contributed by atoms with van der Waals surface area (Å²) in [4.78, 5) is 0. The topological polar surface area (TPSA) is 19.7 Å². The lowest BCUT2D eigenvalue weighted by molar-refractivity contribution is 1.18. The molecule has 0 saturated carbocycles. The van der Waals surface area contributed by atoms with Crippen LogP contribution in [0.25, 0.3) is 264 Å². The molecular formula is C136H88N4. The Morgan fingerprint density at radius 2 is 0.343 bits per heavy atom. The first-order valence-corrected chi connectivity index (χ1v) is 48.3. The molecule has 28 rings (SSSR count). The van der Waals surface area contributed by atoms with Crippen LogP contribution in [0.3, 0.4) is 0 Å². The Hall–Kier alpha value is -18.5. The minimum atomic E-state index is 1.15. The Labute approximate surface area is 810 Å². The van der Waals surface area contributed by atoms with E-state index in [4.69, 9.17) is 0 Å². The van der Waals surface area contributed by atoms with E-state index in [2.05, 4.69) is 552 Å². The zero-order valence-corrected chi connectivity index (χ0v) is 76.6. The van der Waals surface area contributed by atoms with Crippen LogP contribution in [0.15, 0.2) is 534 Å². The summed E-state index contributed by atoms with van der Waals surface area (Å²) in [6.07, 6.45) is 0. The minimum Gasteiger partial charge on any atom is -0.309 e. The van der Waals surface area contributed by atoms with Gasteiger partial charge in [0, 0.05) is 65.8 Å². The van der Waals surface area contributed by atoms with E-state index in [0.29, 0.717) is 0 Å². The third kappa shape index (κ3) is 13.4. The van der Waals surface area contributed by atoms with E-state index in [1.54, 1.807) is 0 Å².